The number of likely N-dealkylation sites (tertiary alicyclic amines) is 1. The number of piperidine rings is 1. The van der Waals surface area contributed by atoms with Gasteiger partial charge < -0.3 is 24.9 Å². The largest absolute Gasteiger partial charge is 0.496 e. The Balaban J connectivity index is 1.33. The van der Waals surface area contributed by atoms with Crippen LogP contribution in [0.15, 0.2) is 39.2 Å². The zero-order valence-electron chi connectivity index (χ0n) is 21.9. The van der Waals surface area contributed by atoms with Crippen molar-refractivity contribution in [3.05, 3.63) is 47.8 Å². The highest BCUT2D eigenvalue weighted by Gasteiger charge is 2.28. The summed E-state index contributed by atoms with van der Waals surface area (Å²) in [7, 11) is 1.56. The minimum Gasteiger partial charge on any atom is -0.496 e. The van der Waals surface area contributed by atoms with Crippen molar-refractivity contribution in [3.8, 4) is 5.75 Å². The SMILES string of the molecule is COc1cc(NC(C)=O)ccc1C(O)N1CCC[C@@H](Nc2ncc(SCc3ncc(C(C)(C)C)o3)s2)C1. The van der Waals surface area contributed by atoms with Gasteiger partial charge in [-0.1, -0.05) is 32.1 Å². The summed E-state index contributed by atoms with van der Waals surface area (Å²) in [5, 5.41) is 18.3. The smallest absolute Gasteiger partial charge is 0.221 e. The maximum absolute atomic E-state index is 11.4. The van der Waals surface area contributed by atoms with E-state index in [4.69, 9.17) is 9.15 Å². The molecule has 0 bridgehead atoms. The number of rotatable bonds is 9. The fraction of sp³-hybridized carbons (Fsp3) is 0.500. The number of nitrogens with one attached hydrogen (secondary N) is 2. The predicted molar refractivity (Wildman–Crippen MR) is 147 cm³/mol. The number of methoxy groups -OCH3 is 1. The average Bonchev–Trinajstić information content (AvgIpc) is 3.51. The Labute approximate surface area is 226 Å². The Morgan fingerprint density at radius 3 is 2.86 bits per heavy atom. The van der Waals surface area contributed by atoms with Gasteiger partial charge in [-0.3, -0.25) is 9.69 Å². The van der Waals surface area contributed by atoms with Crippen molar-refractivity contribution >= 4 is 39.8 Å². The first-order chi connectivity index (χ1) is 17.6. The van der Waals surface area contributed by atoms with Crippen LogP contribution in [0.1, 0.15) is 64.0 Å². The molecule has 3 N–H and O–H groups in total. The van der Waals surface area contributed by atoms with E-state index in [0.29, 0.717) is 29.3 Å². The molecule has 0 spiro atoms. The van der Waals surface area contributed by atoms with Gasteiger partial charge >= 0.3 is 0 Å². The predicted octanol–water partition coefficient (Wildman–Crippen LogP) is 5.26. The van der Waals surface area contributed by atoms with Gasteiger partial charge in [0.25, 0.3) is 0 Å². The van der Waals surface area contributed by atoms with Crippen LogP contribution in [0.25, 0.3) is 0 Å². The van der Waals surface area contributed by atoms with Gasteiger partial charge in [-0.05, 0) is 25.0 Å². The van der Waals surface area contributed by atoms with E-state index in [2.05, 4.69) is 41.4 Å². The lowest BCUT2D eigenvalue weighted by Gasteiger charge is -2.36. The molecule has 3 heterocycles. The van der Waals surface area contributed by atoms with Crippen LogP contribution in [0, 0.1) is 0 Å². The third-order valence-electron chi connectivity index (χ3n) is 6.07. The second kappa shape index (κ2) is 11.8. The van der Waals surface area contributed by atoms with Crippen LogP contribution in [0.4, 0.5) is 10.8 Å². The van der Waals surface area contributed by atoms with Gasteiger partial charge in [0.2, 0.25) is 11.8 Å². The number of thiazole rings is 1. The first kappa shape index (κ1) is 27.4. The van der Waals surface area contributed by atoms with Crippen LogP contribution in [0.3, 0.4) is 0 Å². The number of carbonyl (C=O) groups is 1. The third kappa shape index (κ3) is 7.25. The van der Waals surface area contributed by atoms with E-state index in [0.717, 1.165) is 40.4 Å². The van der Waals surface area contributed by atoms with E-state index < -0.39 is 6.23 Å². The molecule has 1 unspecified atom stereocenters. The normalized spacial score (nSPS) is 17.4. The Hall–Kier alpha value is -2.60. The summed E-state index contributed by atoms with van der Waals surface area (Å²) in [6, 6.07) is 5.47. The van der Waals surface area contributed by atoms with Gasteiger partial charge in [0, 0.05) is 48.8 Å². The summed E-state index contributed by atoms with van der Waals surface area (Å²) in [6.07, 6.45) is 4.82. The van der Waals surface area contributed by atoms with Crippen molar-refractivity contribution in [3.63, 3.8) is 0 Å². The van der Waals surface area contributed by atoms with Crippen LogP contribution in [0.5, 0.6) is 5.75 Å². The lowest BCUT2D eigenvalue weighted by molar-refractivity contribution is -0.114. The van der Waals surface area contributed by atoms with Crippen molar-refractivity contribution in [1.82, 2.24) is 14.9 Å². The van der Waals surface area contributed by atoms with Crippen molar-refractivity contribution in [2.75, 3.05) is 30.8 Å². The first-order valence-corrected chi connectivity index (χ1v) is 14.1. The summed E-state index contributed by atoms with van der Waals surface area (Å²) in [6.45, 7) is 9.23. The number of ether oxygens (including phenoxy) is 1. The number of carbonyl (C=O) groups excluding carboxylic acids is 1. The maximum atomic E-state index is 11.4. The monoisotopic (exact) mass is 545 g/mol. The Morgan fingerprint density at radius 2 is 2.16 bits per heavy atom. The Bertz CT molecular complexity index is 1210. The van der Waals surface area contributed by atoms with Gasteiger partial charge in [-0.25, -0.2) is 9.97 Å². The zero-order valence-corrected chi connectivity index (χ0v) is 23.5. The van der Waals surface area contributed by atoms with E-state index in [9.17, 15) is 9.90 Å². The van der Waals surface area contributed by atoms with Crippen molar-refractivity contribution in [1.29, 1.82) is 0 Å². The van der Waals surface area contributed by atoms with E-state index in [1.807, 2.05) is 17.3 Å². The Kier molecular flexibility index (Phi) is 8.79. The molecular weight excluding hydrogens is 510 g/mol. The number of aliphatic hydroxyl groups excluding tert-OH is 1. The van der Waals surface area contributed by atoms with Gasteiger partial charge in [0.05, 0.1) is 29.5 Å². The van der Waals surface area contributed by atoms with E-state index in [1.54, 1.807) is 48.4 Å². The summed E-state index contributed by atoms with van der Waals surface area (Å²) in [4.78, 5) is 22.4. The molecule has 0 radical (unpaired) electrons. The van der Waals surface area contributed by atoms with E-state index in [-0.39, 0.29) is 17.4 Å². The highest BCUT2D eigenvalue weighted by Crippen LogP contribution is 2.34. The highest BCUT2D eigenvalue weighted by molar-refractivity contribution is 8.00. The molecule has 37 heavy (non-hydrogen) atoms. The lowest BCUT2D eigenvalue weighted by Crippen LogP contribution is -2.43. The van der Waals surface area contributed by atoms with Gasteiger partial charge in [0.1, 0.15) is 17.7 Å². The van der Waals surface area contributed by atoms with Crippen LogP contribution in [-0.4, -0.2) is 52.1 Å². The third-order valence-corrected chi connectivity index (χ3v) is 8.18. The average molecular weight is 546 g/mol. The molecule has 3 aromatic rings. The molecule has 4 rings (SSSR count). The molecular formula is C26H35N5O4S2. The molecule has 1 fully saturated rings. The molecule has 0 aliphatic carbocycles. The second-order valence-electron chi connectivity index (χ2n) is 10.1. The maximum Gasteiger partial charge on any atom is 0.221 e. The lowest BCUT2D eigenvalue weighted by atomic mass is 9.94. The first-order valence-electron chi connectivity index (χ1n) is 12.3. The molecule has 2 aromatic heterocycles. The summed E-state index contributed by atoms with van der Waals surface area (Å²) in [5.74, 6) is 2.65. The Morgan fingerprint density at radius 1 is 1.35 bits per heavy atom. The molecule has 9 nitrogen and oxygen atoms in total. The molecule has 1 saturated heterocycles. The quantitative estimate of drug-likeness (QED) is 0.310. The van der Waals surface area contributed by atoms with Gasteiger partial charge in [0.15, 0.2) is 5.13 Å². The number of nitrogens with zero attached hydrogens (tertiary/aromatic N) is 3. The highest BCUT2D eigenvalue weighted by atomic mass is 32.2. The van der Waals surface area contributed by atoms with Crippen molar-refractivity contribution in [2.45, 2.75) is 68.2 Å². The number of thioether (sulfide) groups is 1. The number of amides is 1. The van der Waals surface area contributed by atoms with Gasteiger partial charge in [-0.2, -0.15) is 0 Å². The number of aliphatic hydroxyl groups is 1. The minimum absolute atomic E-state index is 0.0553. The van der Waals surface area contributed by atoms with Gasteiger partial charge in [-0.15, -0.1) is 11.8 Å². The van der Waals surface area contributed by atoms with E-state index >= 15 is 0 Å². The fourth-order valence-electron chi connectivity index (χ4n) is 4.17. The number of oxazole rings is 1. The molecule has 1 aliphatic rings. The zero-order chi connectivity index (χ0) is 26.6. The minimum atomic E-state index is -0.813. The molecule has 200 valence electrons. The standard InChI is InChI=1S/C26H35N5O4S2/c1-16(32)29-17-8-9-19(20(11-17)34-5)24(33)31-10-6-7-18(14-31)30-25-28-13-23(37-25)36-15-22-27-12-21(35-22)26(2,3)4/h8-9,11-13,18,24,33H,6-7,10,14-15H2,1-5H3,(H,28,30)(H,29,32)/t18-,24?/m1/s1. The summed E-state index contributed by atoms with van der Waals surface area (Å²) >= 11 is 3.27. The summed E-state index contributed by atoms with van der Waals surface area (Å²) < 4.78 is 12.5. The molecule has 1 aromatic carbocycles. The summed E-state index contributed by atoms with van der Waals surface area (Å²) in [5.41, 5.74) is 1.25. The topological polar surface area (TPSA) is 113 Å². The molecule has 1 amide bonds. The number of aromatic nitrogens is 2. The number of anilines is 2. The molecule has 1 aliphatic heterocycles. The van der Waals surface area contributed by atoms with Crippen LogP contribution in [0.2, 0.25) is 0 Å². The fourth-order valence-corrected chi connectivity index (χ4v) is 5.98. The molecule has 0 saturated carbocycles. The second-order valence-corrected chi connectivity index (χ2v) is 12.4. The van der Waals surface area contributed by atoms with Crippen LogP contribution < -0.4 is 15.4 Å². The van der Waals surface area contributed by atoms with E-state index in [1.165, 1.54) is 6.92 Å². The molecule has 2 atom stereocenters. The van der Waals surface area contributed by atoms with Crippen LogP contribution >= 0.6 is 23.1 Å². The van der Waals surface area contributed by atoms with Crippen LogP contribution in [-0.2, 0) is 16.0 Å². The molecule has 11 heteroatoms. The number of benzene rings is 1. The number of hydrogen-bond donors (Lipinski definition) is 3. The number of hydrogen-bond acceptors (Lipinski definition) is 10. The van der Waals surface area contributed by atoms with Crippen molar-refractivity contribution < 1.29 is 19.1 Å². The van der Waals surface area contributed by atoms with Crippen molar-refractivity contribution in [2.24, 2.45) is 0 Å².